The molecule has 16 heavy (non-hydrogen) atoms. The van der Waals surface area contributed by atoms with Gasteiger partial charge in [0.1, 0.15) is 0 Å². The summed E-state index contributed by atoms with van der Waals surface area (Å²) in [6.07, 6.45) is 4.13. The highest BCUT2D eigenvalue weighted by atomic mass is 35.5. The first-order chi connectivity index (χ1) is 7.01. The summed E-state index contributed by atoms with van der Waals surface area (Å²) >= 11 is 0. The summed E-state index contributed by atoms with van der Waals surface area (Å²) in [4.78, 5) is 13.8. The molecule has 1 aliphatic rings. The minimum absolute atomic E-state index is 0. The minimum atomic E-state index is 0. The van der Waals surface area contributed by atoms with Gasteiger partial charge in [-0.3, -0.25) is 4.79 Å². The second kappa shape index (κ2) is 6.45. The Morgan fingerprint density at radius 2 is 2.06 bits per heavy atom. The van der Waals surface area contributed by atoms with E-state index in [0.717, 1.165) is 13.0 Å². The molecule has 0 aliphatic heterocycles. The van der Waals surface area contributed by atoms with E-state index < -0.39 is 0 Å². The molecule has 0 spiro atoms. The first-order valence-electron chi connectivity index (χ1n) is 5.91. The summed E-state index contributed by atoms with van der Waals surface area (Å²) in [6.45, 7) is 5.36. The van der Waals surface area contributed by atoms with Crippen molar-refractivity contribution in [1.29, 1.82) is 0 Å². The zero-order valence-corrected chi connectivity index (χ0v) is 11.7. The van der Waals surface area contributed by atoms with Crippen LogP contribution in [0.5, 0.6) is 0 Å². The van der Waals surface area contributed by atoms with Crippen LogP contribution in [-0.2, 0) is 4.79 Å². The van der Waals surface area contributed by atoms with Crippen molar-refractivity contribution in [2.75, 3.05) is 20.6 Å². The molecule has 1 atom stereocenters. The summed E-state index contributed by atoms with van der Waals surface area (Å²) in [7, 11) is 3.86. The van der Waals surface area contributed by atoms with E-state index >= 15 is 0 Å². The number of hydrogen-bond acceptors (Lipinski definition) is 2. The first-order valence-corrected chi connectivity index (χ1v) is 5.91. The van der Waals surface area contributed by atoms with E-state index in [0.29, 0.717) is 17.9 Å². The fraction of sp³-hybridized carbons (Fsp3) is 0.917. The molecule has 4 heteroatoms. The average molecular weight is 249 g/mol. The molecule has 1 saturated carbocycles. The van der Waals surface area contributed by atoms with Gasteiger partial charge < -0.3 is 10.2 Å². The second-order valence-electron chi connectivity index (χ2n) is 5.04. The number of carbonyl (C=O) groups is 1. The van der Waals surface area contributed by atoms with Gasteiger partial charge in [0.15, 0.2) is 0 Å². The van der Waals surface area contributed by atoms with Gasteiger partial charge in [-0.1, -0.05) is 6.92 Å². The third-order valence-corrected chi connectivity index (χ3v) is 3.84. The summed E-state index contributed by atoms with van der Waals surface area (Å²) < 4.78 is 0. The molecule has 1 unspecified atom stereocenters. The molecule has 0 heterocycles. The molecule has 1 amide bonds. The topological polar surface area (TPSA) is 32.3 Å². The van der Waals surface area contributed by atoms with Crippen molar-refractivity contribution in [2.24, 2.45) is 5.41 Å². The molecule has 1 N–H and O–H groups in total. The van der Waals surface area contributed by atoms with Crippen LogP contribution in [0.4, 0.5) is 0 Å². The number of carbonyl (C=O) groups excluding carboxylic acids is 1. The van der Waals surface area contributed by atoms with Crippen molar-refractivity contribution in [1.82, 2.24) is 10.2 Å². The molecule has 1 aliphatic carbocycles. The van der Waals surface area contributed by atoms with E-state index in [9.17, 15) is 4.79 Å². The van der Waals surface area contributed by atoms with E-state index in [4.69, 9.17) is 0 Å². The van der Waals surface area contributed by atoms with Gasteiger partial charge >= 0.3 is 0 Å². The quantitative estimate of drug-likeness (QED) is 0.730. The maximum atomic E-state index is 11.8. The largest absolute Gasteiger partial charge is 0.343 e. The zero-order valence-electron chi connectivity index (χ0n) is 10.9. The molecular formula is C12H25ClN2O. The summed E-state index contributed by atoms with van der Waals surface area (Å²) in [6, 6.07) is 0.389. The molecule has 3 nitrogen and oxygen atoms in total. The fourth-order valence-corrected chi connectivity index (χ4v) is 1.89. The number of nitrogens with one attached hydrogen (secondary N) is 1. The maximum Gasteiger partial charge on any atom is 0.222 e. The Labute approximate surface area is 105 Å². The fourth-order valence-electron chi connectivity index (χ4n) is 1.89. The Bertz CT molecular complexity index is 229. The van der Waals surface area contributed by atoms with Gasteiger partial charge in [0.2, 0.25) is 5.91 Å². The van der Waals surface area contributed by atoms with Crippen molar-refractivity contribution in [2.45, 2.75) is 45.6 Å². The van der Waals surface area contributed by atoms with Gasteiger partial charge in [-0.05, 0) is 45.2 Å². The number of nitrogens with zero attached hydrogens (tertiary/aromatic N) is 1. The smallest absolute Gasteiger partial charge is 0.222 e. The lowest BCUT2D eigenvalue weighted by molar-refractivity contribution is -0.132. The lowest BCUT2D eigenvalue weighted by Gasteiger charge is -2.30. The highest BCUT2D eigenvalue weighted by Gasteiger charge is 2.44. The highest BCUT2D eigenvalue weighted by Crippen LogP contribution is 2.49. The first kappa shape index (κ1) is 15.7. The molecular weight excluding hydrogens is 224 g/mol. The van der Waals surface area contributed by atoms with Gasteiger partial charge in [-0.25, -0.2) is 0 Å². The van der Waals surface area contributed by atoms with E-state index in [2.05, 4.69) is 19.2 Å². The normalized spacial score (nSPS) is 18.5. The Hall–Kier alpha value is -0.280. The van der Waals surface area contributed by atoms with E-state index in [1.54, 1.807) is 0 Å². The molecule has 0 bridgehead atoms. The molecule has 1 fully saturated rings. The third kappa shape index (κ3) is 3.95. The third-order valence-electron chi connectivity index (χ3n) is 3.84. The summed E-state index contributed by atoms with van der Waals surface area (Å²) in [5, 5.41) is 3.06. The van der Waals surface area contributed by atoms with Crippen LogP contribution in [-0.4, -0.2) is 37.5 Å². The van der Waals surface area contributed by atoms with Crippen LogP contribution in [0, 0.1) is 5.41 Å². The highest BCUT2D eigenvalue weighted by molar-refractivity contribution is 5.85. The Morgan fingerprint density at radius 3 is 2.50 bits per heavy atom. The van der Waals surface area contributed by atoms with Crippen LogP contribution in [0.3, 0.4) is 0 Å². The van der Waals surface area contributed by atoms with Crippen LogP contribution >= 0.6 is 12.4 Å². The molecule has 0 aromatic heterocycles. The van der Waals surface area contributed by atoms with Crippen LogP contribution in [0.1, 0.15) is 39.5 Å². The van der Waals surface area contributed by atoms with Crippen LogP contribution in [0.2, 0.25) is 0 Å². The number of amides is 1. The predicted octanol–water partition coefficient (Wildman–Crippen LogP) is 2.05. The molecule has 0 aromatic carbocycles. The Balaban J connectivity index is 0.00000225. The summed E-state index contributed by atoms with van der Waals surface area (Å²) in [5.41, 5.74) is 0.396. The average Bonchev–Trinajstić information content (AvgIpc) is 2.96. The molecule has 1 rings (SSSR count). The van der Waals surface area contributed by atoms with Crippen molar-refractivity contribution in [3.05, 3.63) is 0 Å². The number of halogens is 1. The van der Waals surface area contributed by atoms with Crippen molar-refractivity contribution < 1.29 is 4.79 Å². The SMILES string of the molecule is CNCCCC(=O)N(C)C(C)C1(C)CC1.Cl. The van der Waals surface area contributed by atoms with Crippen LogP contribution in [0.25, 0.3) is 0 Å². The van der Waals surface area contributed by atoms with Crippen LogP contribution in [0.15, 0.2) is 0 Å². The van der Waals surface area contributed by atoms with Crippen molar-refractivity contribution >= 4 is 18.3 Å². The minimum Gasteiger partial charge on any atom is -0.343 e. The predicted molar refractivity (Wildman–Crippen MR) is 70.0 cm³/mol. The lowest BCUT2D eigenvalue weighted by Crippen LogP contribution is -2.40. The van der Waals surface area contributed by atoms with Crippen LogP contribution < -0.4 is 5.32 Å². The van der Waals surface area contributed by atoms with Crippen molar-refractivity contribution in [3.8, 4) is 0 Å². The van der Waals surface area contributed by atoms with Gasteiger partial charge in [-0.15, -0.1) is 12.4 Å². The monoisotopic (exact) mass is 248 g/mol. The maximum absolute atomic E-state index is 11.8. The standard InChI is InChI=1S/C12H24N2O.ClH/c1-10(12(2)7-8-12)14(4)11(15)6-5-9-13-3;/h10,13H,5-9H2,1-4H3;1H. The van der Waals surface area contributed by atoms with Gasteiger partial charge in [0.25, 0.3) is 0 Å². The molecule has 0 saturated heterocycles. The van der Waals surface area contributed by atoms with E-state index in [1.165, 1.54) is 12.8 Å². The van der Waals surface area contributed by atoms with Crippen molar-refractivity contribution in [3.63, 3.8) is 0 Å². The zero-order chi connectivity index (χ0) is 11.5. The van der Waals surface area contributed by atoms with E-state index in [1.807, 2.05) is 19.0 Å². The number of rotatable bonds is 6. The molecule has 0 aromatic rings. The molecule has 96 valence electrons. The van der Waals surface area contributed by atoms with Gasteiger partial charge in [0, 0.05) is 19.5 Å². The molecule has 0 radical (unpaired) electrons. The lowest BCUT2D eigenvalue weighted by atomic mass is 9.99. The van der Waals surface area contributed by atoms with E-state index in [-0.39, 0.29) is 18.3 Å². The number of hydrogen-bond donors (Lipinski definition) is 1. The van der Waals surface area contributed by atoms with Gasteiger partial charge in [-0.2, -0.15) is 0 Å². The second-order valence-corrected chi connectivity index (χ2v) is 5.04. The Kier molecular flexibility index (Phi) is 6.34. The van der Waals surface area contributed by atoms with Gasteiger partial charge in [0.05, 0.1) is 0 Å². The summed E-state index contributed by atoms with van der Waals surface area (Å²) in [5.74, 6) is 0.283. The Morgan fingerprint density at radius 1 is 1.50 bits per heavy atom.